The lowest BCUT2D eigenvalue weighted by atomic mass is 10.3. The Balaban J connectivity index is 2.62. The minimum absolute atomic E-state index is 0.909. The van der Waals surface area contributed by atoms with E-state index in [9.17, 15) is 0 Å². The Morgan fingerprint density at radius 1 is 1.58 bits per heavy atom. The molecule has 0 aliphatic rings. The molecule has 0 spiro atoms. The van der Waals surface area contributed by atoms with Gasteiger partial charge in [-0.1, -0.05) is 11.2 Å². The number of pyridine rings is 1. The number of hydrogen-bond acceptors (Lipinski definition) is 4. The van der Waals surface area contributed by atoms with E-state index in [2.05, 4.69) is 10.1 Å². The molecule has 60 valence electrons. The van der Waals surface area contributed by atoms with Gasteiger partial charge < -0.3 is 5.21 Å². The lowest BCUT2D eigenvalue weighted by Crippen LogP contribution is -1.68. The molecule has 12 heavy (non-hydrogen) atoms. The second-order valence-electron chi connectivity index (χ2n) is 2.29. The summed E-state index contributed by atoms with van der Waals surface area (Å²) in [5.41, 5.74) is 0. The van der Waals surface area contributed by atoms with Crippen LogP contribution in [0.15, 0.2) is 29.6 Å². The van der Waals surface area contributed by atoms with Crippen molar-refractivity contribution in [3.63, 3.8) is 0 Å². The number of hydrogen-bond donors (Lipinski definition) is 1. The van der Waals surface area contributed by atoms with E-state index in [1.807, 2.05) is 18.2 Å². The van der Waals surface area contributed by atoms with Gasteiger partial charge in [-0.25, -0.2) is 4.98 Å². The maximum absolute atomic E-state index is 8.30. The van der Waals surface area contributed by atoms with Gasteiger partial charge in [0.1, 0.15) is 4.83 Å². The predicted molar refractivity (Wildman–Crippen MR) is 49.0 cm³/mol. The van der Waals surface area contributed by atoms with E-state index >= 15 is 0 Å². The van der Waals surface area contributed by atoms with Gasteiger partial charge >= 0.3 is 0 Å². The molecular formula is C8H6N2OS. The van der Waals surface area contributed by atoms with Crippen LogP contribution in [0, 0.1) is 0 Å². The number of oxime groups is 1. The van der Waals surface area contributed by atoms with Crippen molar-refractivity contribution in [3.05, 3.63) is 29.3 Å². The van der Waals surface area contributed by atoms with Gasteiger partial charge in [0.2, 0.25) is 0 Å². The summed E-state index contributed by atoms with van der Waals surface area (Å²) in [6.45, 7) is 0. The molecule has 0 amide bonds. The highest BCUT2D eigenvalue weighted by Crippen LogP contribution is 2.21. The summed E-state index contributed by atoms with van der Waals surface area (Å²) in [6, 6.07) is 5.80. The van der Waals surface area contributed by atoms with Crippen LogP contribution < -0.4 is 0 Å². The van der Waals surface area contributed by atoms with E-state index in [1.54, 1.807) is 6.20 Å². The van der Waals surface area contributed by atoms with Crippen LogP contribution in [0.25, 0.3) is 10.2 Å². The standard InChI is InChI=1S/C8H6N2OS/c11-10-5-7-4-6-2-1-3-9-8(6)12-7/h1-5,11H/b10-5+. The maximum atomic E-state index is 8.30. The zero-order chi connectivity index (χ0) is 8.39. The molecule has 0 unspecified atom stereocenters. The molecule has 2 heterocycles. The van der Waals surface area contributed by atoms with Gasteiger partial charge in [0, 0.05) is 11.6 Å². The molecule has 0 aliphatic heterocycles. The molecule has 2 aromatic heterocycles. The van der Waals surface area contributed by atoms with Crippen LogP contribution in [0.3, 0.4) is 0 Å². The van der Waals surface area contributed by atoms with Crippen molar-refractivity contribution >= 4 is 27.8 Å². The molecule has 0 bridgehead atoms. The molecule has 0 atom stereocenters. The van der Waals surface area contributed by atoms with Crippen LogP contribution in [-0.2, 0) is 0 Å². The molecule has 0 aliphatic carbocycles. The Kier molecular flexibility index (Phi) is 1.75. The third-order valence-corrected chi connectivity index (χ3v) is 2.49. The van der Waals surface area contributed by atoms with Crippen LogP contribution in [0.4, 0.5) is 0 Å². The second-order valence-corrected chi connectivity index (χ2v) is 3.35. The largest absolute Gasteiger partial charge is 0.411 e. The topological polar surface area (TPSA) is 45.5 Å². The molecule has 2 rings (SSSR count). The highest BCUT2D eigenvalue weighted by molar-refractivity contribution is 7.20. The Bertz CT molecular complexity index is 389. The number of nitrogens with zero attached hydrogens (tertiary/aromatic N) is 2. The summed E-state index contributed by atoms with van der Waals surface area (Å²) in [4.78, 5) is 6.03. The number of rotatable bonds is 1. The van der Waals surface area contributed by atoms with Crippen molar-refractivity contribution in [1.29, 1.82) is 0 Å². The predicted octanol–water partition coefficient (Wildman–Crippen LogP) is 2.10. The number of thiophene rings is 1. The fourth-order valence-electron chi connectivity index (χ4n) is 1.01. The molecule has 1 N–H and O–H groups in total. The van der Waals surface area contributed by atoms with Gasteiger partial charge in [-0.05, 0) is 12.1 Å². The quantitative estimate of drug-likeness (QED) is 0.413. The molecule has 4 heteroatoms. The van der Waals surface area contributed by atoms with Crippen LogP contribution in [0.1, 0.15) is 4.88 Å². The van der Waals surface area contributed by atoms with E-state index < -0.39 is 0 Å². The van der Waals surface area contributed by atoms with Gasteiger partial charge in [0.15, 0.2) is 0 Å². The fourth-order valence-corrected chi connectivity index (χ4v) is 1.88. The first kappa shape index (κ1) is 7.24. The van der Waals surface area contributed by atoms with E-state index in [0.717, 1.165) is 15.1 Å². The lowest BCUT2D eigenvalue weighted by Gasteiger charge is -1.81. The van der Waals surface area contributed by atoms with Crippen molar-refractivity contribution < 1.29 is 5.21 Å². The van der Waals surface area contributed by atoms with E-state index in [4.69, 9.17) is 5.21 Å². The van der Waals surface area contributed by atoms with E-state index in [1.165, 1.54) is 17.6 Å². The van der Waals surface area contributed by atoms with Crippen molar-refractivity contribution in [3.8, 4) is 0 Å². The average Bonchev–Trinajstić information content (AvgIpc) is 2.47. The molecule has 0 aromatic carbocycles. The minimum Gasteiger partial charge on any atom is -0.411 e. The van der Waals surface area contributed by atoms with Crippen LogP contribution in [0.5, 0.6) is 0 Å². The average molecular weight is 178 g/mol. The summed E-state index contributed by atoms with van der Waals surface area (Å²) in [7, 11) is 0. The molecule has 3 nitrogen and oxygen atoms in total. The molecule has 0 fully saturated rings. The number of fused-ring (bicyclic) bond motifs is 1. The van der Waals surface area contributed by atoms with Gasteiger partial charge in [-0.2, -0.15) is 0 Å². The first-order chi connectivity index (χ1) is 5.90. The first-order valence-corrected chi connectivity index (χ1v) is 4.24. The third kappa shape index (κ3) is 1.16. The monoisotopic (exact) mass is 178 g/mol. The summed E-state index contributed by atoms with van der Waals surface area (Å²) in [5.74, 6) is 0. The number of aromatic nitrogens is 1. The molecule has 0 saturated carbocycles. The summed E-state index contributed by atoms with van der Waals surface area (Å²) in [6.07, 6.45) is 3.16. The minimum atomic E-state index is 0.909. The Morgan fingerprint density at radius 3 is 3.25 bits per heavy atom. The molecular weight excluding hydrogens is 172 g/mol. The lowest BCUT2D eigenvalue weighted by molar-refractivity contribution is 0.322. The van der Waals surface area contributed by atoms with Crippen LogP contribution >= 0.6 is 11.3 Å². The Labute approximate surface area is 73.0 Å². The fraction of sp³-hybridized carbons (Fsp3) is 0. The van der Waals surface area contributed by atoms with Crippen molar-refractivity contribution in [1.82, 2.24) is 4.98 Å². The van der Waals surface area contributed by atoms with E-state index in [0.29, 0.717) is 0 Å². The Hall–Kier alpha value is -1.42. The molecule has 0 saturated heterocycles. The maximum Gasteiger partial charge on any atom is 0.123 e. The highest BCUT2D eigenvalue weighted by atomic mass is 32.1. The van der Waals surface area contributed by atoms with Gasteiger partial charge in [-0.15, -0.1) is 11.3 Å². The summed E-state index contributed by atoms with van der Waals surface area (Å²) < 4.78 is 0. The molecule has 0 radical (unpaired) electrons. The van der Waals surface area contributed by atoms with Crippen molar-refractivity contribution in [2.45, 2.75) is 0 Å². The van der Waals surface area contributed by atoms with E-state index in [-0.39, 0.29) is 0 Å². The zero-order valence-electron chi connectivity index (χ0n) is 6.14. The first-order valence-electron chi connectivity index (χ1n) is 3.42. The third-order valence-electron chi connectivity index (χ3n) is 1.50. The molecule has 2 aromatic rings. The van der Waals surface area contributed by atoms with Crippen molar-refractivity contribution in [2.75, 3.05) is 0 Å². The zero-order valence-corrected chi connectivity index (χ0v) is 6.95. The second kappa shape index (κ2) is 2.91. The highest BCUT2D eigenvalue weighted by Gasteiger charge is 1.98. The van der Waals surface area contributed by atoms with Crippen LogP contribution in [0.2, 0.25) is 0 Å². The summed E-state index contributed by atoms with van der Waals surface area (Å²) >= 11 is 1.50. The normalized spacial score (nSPS) is 11.3. The Morgan fingerprint density at radius 2 is 2.50 bits per heavy atom. The smallest absolute Gasteiger partial charge is 0.123 e. The van der Waals surface area contributed by atoms with Gasteiger partial charge in [-0.3, -0.25) is 0 Å². The van der Waals surface area contributed by atoms with Gasteiger partial charge in [0.25, 0.3) is 0 Å². The SMILES string of the molecule is O/N=C/c1cc2cccnc2s1. The summed E-state index contributed by atoms with van der Waals surface area (Å²) in [5, 5.41) is 12.3. The van der Waals surface area contributed by atoms with Crippen molar-refractivity contribution in [2.24, 2.45) is 5.16 Å². The van der Waals surface area contributed by atoms with Gasteiger partial charge in [0.05, 0.1) is 11.1 Å². The van der Waals surface area contributed by atoms with Crippen LogP contribution in [-0.4, -0.2) is 16.4 Å².